The maximum Gasteiger partial charge on any atom is -0.0188 e. The van der Waals surface area contributed by atoms with Crippen LogP contribution in [-0.2, 0) is 6.42 Å². The third kappa shape index (κ3) is 22.9. The lowest BCUT2D eigenvalue weighted by Gasteiger charge is -2.17. The van der Waals surface area contributed by atoms with Gasteiger partial charge in [0.1, 0.15) is 0 Å². The first kappa shape index (κ1) is 37.2. The molecule has 1 aromatic carbocycles. The third-order valence-corrected chi connectivity index (χ3v) is 9.38. The fourth-order valence-electron chi connectivity index (χ4n) is 6.55. The second-order valence-corrected chi connectivity index (χ2v) is 13.3. The van der Waals surface area contributed by atoms with E-state index in [0.717, 1.165) is 5.92 Å². The summed E-state index contributed by atoms with van der Waals surface area (Å²) in [5.41, 5.74) is 3.28. The van der Waals surface area contributed by atoms with Crippen LogP contribution in [0.1, 0.15) is 224 Å². The highest BCUT2D eigenvalue weighted by atomic mass is 14.2. The lowest BCUT2D eigenvalue weighted by Crippen LogP contribution is -2.00. The maximum atomic E-state index is 2.48. The van der Waals surface area contributed by atoms with Crippen LogP contribution in [0.5, 0.6) is 0 Å². The Morgan fingerprint density at radius 1 is 0.400 bits per heavy atom. The van der Waals surface area contributed by atoms with E-state index in [4.69, 9.17) is 0 Å². The summed E-state index contributed by atoms with van der Waals surface area (Å²) in [4.78, 5) is 0. The Balaban J connectivity index is 1.99. The topological polar surface area (TPSA) is 0 Å². The van der Waals surface area contributed by atoms with Gasteiger partial charge in [-0.05, 0) is 36.3 Å². The van der Waals surface area contributed by atoms with Crippen LogP contribution in [0, 0.1) is 0 Å². The van der Waals surface area contributed by atoms with Crippen molar-refractivity contribution in [2.24, 2.45) is 0 Å². The van der Waals surface area contributed by atoms with Gasteiger partial charge < -0.3 is 0 Å². The fourth-order valence-corrected chi connectivity index (χ4v) is 6.55. The van der Waals surface area contributed by atoms with Crippen molar-refractivity contribution >= 4 is 0 Å². The normalized spacial score (nSPS) is 12.3. The van der Waals surface area contributed by atoms with Crippen LogP contribution in [0.4, 0.5) is 0 Å². The van der Waals surface area contributed by atoms with Gasteiger partial charge in [0.25, 0.3) is 0 Å². The molecular formula is C40H74. The molecular weight excluding hydrogens is 480 g/mol. The van der Waals surface area contributed by atoms with E-state index in [1.54, 1.807) is 11.1 Å². The zero-order valence-corrected chi connectivity index (χ0v) is 28.1. The van der Waals surface area contributed by atoms with E-state index < -0.39 is 0 Å². The van der Waals surface area contributed by atoms with E-state index in [0.29, 0.717) is 0 Å². The molecule has 0 amide bonds. The highest BCUT2D eigenvalue weighted by Crippen LogP contribution is 2.27. The Morgan fingerprint density at radius 2 is 0.725 bits per heavy atom. The van der Waals surface area contributed by atoms with Crippen LogP contribution in [0.3, 0.4) is 0 Å². The third-order valence-electron chi connectivity index (χ3n) is 9.38. The first-order valence-electron chi connectivity index (χ1n) is 18.9. The Labute approximate surface area is 254 Å². The largest absolute Gasteiger partial charge is 0.0654 e. The number of rotatable bonds is 31. The van der Waals surface area contributed by atoms with Gasteiger partial charge in [0, 0.05) is 0 Å². The highest BCUT2D eigenvalue weighted by Gasteiger charge is 2.10. The van der Waals surface area contributed by atoms with Crippen molar-refractivity contribution in [3.63, 3.8) is 0 Å². The van der Waals surface area contributed by atoms with Gasteiger partial charge in [0.2, 0.25) is 0 Å². The summed E-state index contributed by atoms with van der Waals surface area (Å²) in [6.07, 6.45) is 43.2. The van der Waals surface area contributed by atoms with E-state index in [1.807, 2.05) is 0 Å². The molecule has 0 N–H and O–H groups in total. The first-order chi connectivity index (χ1) is 19.8. The quantitative estimate of drug-likeness (QED) is 0.0800. The molecule has 0 heterocycles. The zero-order valence-electron chi connectivity index (χ0n) is 28.1. The minimum atomic E-state index is 0.722. The van der Waals surface area contributed by atoms with Crippen LogP contribution in [0.2, 0.25) is 0 Å². The summed E-state index contributed by atoms with van der Waals surface area (Å²) in [5, 5.41) is 0. The molecule has 1 aromatic rings. The summed E-state index contributed by atoms with van der Waals surface area (Å²) in [7, 11) is 0. The summed E-state index contributed by atoms with van der Waals surface area (Å²) in [5.74, 6) is 0.722. The second kappa shape index (κ2) is 29.7. The van der Waals surface area contributed by atoms with Crippen molar-refractivity contribution in [3.05, 3.63) is 35.4 Å². The van der Waals surface area contributed by atoms with Gasteiger partial charge in [-0.1, -0.05) is 218 Å². The molecule has 0 saturated heterocycles. The number of hydrogen-bond acceptors (Lipinski definition) is 0. The van der Waals surface area contributed by atoms with Crippen LogP contribution in [0.15, 0.2) is 24.3 Å². The molecule has 0 fully saturated rings. The molecule has 234 valence electrons. The van der Waals surface area contributed by atoms with E-state index in [9.17, 15) is 0 Å². The second-order valence-electron chi connectivity index (χ2n) is 13.3. The Kier molecular flexibility index (Phi) is 27.7. The van der Waals surface area contributed by atoms with Gasteiger partial charge in [0.15, 0.2) is 0 Å². The van der Waals surface area contributed by atoms with Gasteiger partial charge in [-0.2, -0.15) is 0 Å². The molecule has 0 spiro atoms. The van der Waals surface area contributed by atoms with Gasteiger partial charge in [-0.25, -0.2) is 0 Å². The lowest BCUT2D eigenvalue weighted by atomic mass is 9.89. The zero-order chi connectivity index (χ0) is 28.8. The Hall–Kier alpha value is -0.780. The molecule has 0 aliphatic carbocycles. The number of aryl methyl sites for hydroxylation is 1. The van der Waals surface area contributed by atoms with Crippen LogP contribution in [0.25, 0.3) is 0 Å². The van der Waals surface area contributed by atoms with Crippen LogP contribution in [-0.4, -0.2) is 0 Å². The number of hydrogen-bond donors (Lipinski definition) is 0. The Morgan fingerprint density at radius 3 is 1.12 bits per heavy atom. The molecule has 40 heavy (non-hydrogen) atoms. The van der Waals surface area contributed by atoms with Gasteiger partial charge in [-0.3, -0.25) is 0 Å². The minimum absolute atomic E-state index is 0.722. The molecule has 0 aliphatic rings. The van der Waals surface area contributed by atoms with Gasteiger partial charge >= 0.3 is 0 Å². The molecule has 1 rings (SSSR count). The molecule has 0 radical (unpaired) electrons. The molecule has 0 bridgehead atoms. The maximum absolute atomic E-state index is 2.48. The smallest absolute Gasteiger partial charge is 0.0188 e. The molecule has 1 atom stereocenters. The standard InChI is InChI=1S/C40H74/c1-4-6-8-10-12-14-16-18-20-22-24-26-28-30-34-38(3)40-37-33-32-36-39(40)35-31-29-27-25-23-21-19-17-15-13-11-9-7-5-2/h32-33,36-38H,4-31,34-35H2,1-3H3. The van der Waals surface area contributed by atoms with Crippen molar-refractivity contribution in [1.29, 1.82) is 0 Å². The average molecular weight is 555 g/mol. The van der Waals surface area contributed by atoms with Crippen LogP contribution >= 0.6 is 0 Å². The van der Waals surface area contributed by atoms with E-state index in [1.165, 1.54) is 193 Å². The summed E-state index contributed by atoms with van der Waals surface area (Å²) in [6, 6.07) is 9.38. The summed E-state index contributed by atoms with van der Waals surface area (Å²) in [6.45, 7) is 7.09. The molecule has 0 nitrogen and oxygen atoms in total. The SMILES string of the molecule is CCCCCCCCCCCCCCCCc1ccccc1C(C)CCCCCCCCCCCCCCCC. The Bertz CT molecular complexity index is 616. The molecule has 0 heteroatoms. The monoisotopic (exact) mass is 555 g/mol. The first-order valence-corrected chi connectivity index (χ1v) is 18.9. The summed E-state index contributed by atoms with van der Waals surface area (Å²) < 4.78 is 0. The van der Waals surface area contributed by atoms with Crippen molar-refractivity contribution < 1.29 is 0 Å². The number of benzene rings is 1. The molecule has 0 aromatic heterocycles. The van der Waals surface area contributed by atoms with Gasteiger partial charge in [0.05, 0.1) is 0 Å². The average Bonchev–Trinajstić information content (AvgIpc) is 2.97. The van der Waals surface area contributed by atoms with E-state index in [-0.39, 0.29) is 0 Å². The van der Waals surface area contributed by atoms with Gasteiger partial charge in [-0.15, -0.1) is 0 Å². The molecule has 0 aliphatic heterocycles. The summed E-state index contributed by atoms with van der Waals surface area (Å²) >= 11 is 0. The van der Waals surface area contributed by atoms with E-state index in [2.05, 4.69) is 45.0 Å². The van der Waals surface area contributed by atoms with Crippen molar-refractivity contribution in [2.75, 3.05) is 0 Å². The molecule has 0 saturated carbocycles. The number of unbranched alkanes of at least 4 members (excludes halogenated alkanes) is 26. The highest BCUT2D eigenvalue weighted by molar-refractivity contribution is 5.30. The predicted molar refractivity (Wildman–Crippen MR) is 184 cm³/mol. The lowest BCUT2D eigenvalue weighted by molar-refractivity contribution is 0.523. The minimum Gasteiger partial charge on any atom is -0.0654 e. The van der Waals surface area contributed by atoms with Crippen molar-refractivity contribution in [1.82, 2.24) is 0 Å². The van der Waals surface area contributed by atoms with Crippen molar-refractivity contribution in [3.8, 4) is 0 Å². The predicted octanol–water partition coefficient (Wildman–Crippen LogP) is 14.7. The van der Waals surface area contributed by atoms with E-state index >= 15 is 0 Å². The van der Waals surface area contributed by atoms with Crippen LogP contribution < -0.4 is 0 Å². The van der Waals surface area contributed by atoms with Crippen molar-refractivity contribution in [2.45, 2.75) is 219 Å². The molecule has 1 unspecified atom stereocenters. The fraction of sp³-hybridized carbons (Fsp3) is 0.850.